The minimum absolute atomic E-state index is 0.108. The van der Waals surface area contributed by atoms with E-state index in [1.54, 1.807) is 0 Å². The maximum absolute atomic E-state index is 6.49. The highest BCUT2D eigenvalue weighted by Crippen LogP contribution is 2.32. The molecule has 3 atom stereocenters. The van der Waals surface area contributed by atoms with Crippen molar-refractivity contribution in [2.45, 2.75) is 239 Å². The van der Waals surface area contributed by atoms with Crippen LogP contribution in [0.2, 0.25) is 0 Å². The topological polar surface area (TPSA) is 30.9 Å². The summed E-state index contributed by atoms with van der Waals surface area (Å²) in [6, 6.07) is 0. The molecule has 0 aromatic carbocycles. The van der Waals surface area contributed by atoms with Gasteiger partial charge in [0, 0.05) is 12.5 Å². The number of hydrogen-bond donors (Lipinski definition) is 0. The van der Waals surface area contributed by atoms with Crippen molar-refractivity contribution >= 4 is 0 Å². The van der Waals surface area contributed by atoms with Crippen LogP contribution in [0.3, 0.4) is 0 Å². The van der Waals surface area contributed by atoms with E-state index in [1.165, 1.54) is 154 Å². The Kier molecular flexibility index (Phi) is 32.8. The summed E-state index contributed by atoms with van der Waals surface area (Å²) in [6.45, 7) is 14.9. The third kappa shape index (κ3) is 30.5. The van der Waals surface area contributed by atoms with Crippen molar-refractivity contribution in [1.29, 1.82) is 0 Å². The van der Waals surface area contributed by atoms with Crippen LogP contribution in [0.25, 0.3) is 0 Å². The molecule has 0 bridgehead atoms. The number of unbranched alkanes of at least 4 members (excludes halogenated alkanes) is 18. The summed E-state index contributed by atoms with van der Waals surface area (Å²) in [5.74, 6) is 0.242. The van der Waals surface area contributed by atoms with Gasteiger partial charge in [-0.3, -0.25) is 0 Å². The molecule has 0 aromatic heterocycles. The fourth-order valence-corrected chi connectivity index (χ4v) is 7.80. The van der Waals surface area contributed by atoms with E-state index in [0.29, 0.717) is 18.4 Å². The van der Waals surface area contributed by atoms with Crippen molar-refractivity contribution in [2.24, 2.45) is 11.8 Å². The lowest BCUT2D eigenvalue weighted by molar-refractivity contribution is -0.329. The van der Waals surface area contributed by atoms with Crippen molar-refractivity contribution in [2.75, 3.05) is 27.3 Å². The molecular formula is C51H95NO3. The highest BCUT2D eigenvalue weighted by molar-refractivity contribution is 4.93. The van der Waals surface area contributed by atoms with Gasteiger partial charge >= 0.3 is 0 Å². The lowest BCUT2D eigenvalue weighted by Crippen LogP contribution is -2.40. The summed E-state index contributed by atoms with van der Waals surface area (Å²) in [4.78, 5) is 2.33. The SMILES string of the molecule is CCCCC/C=C\C/C=C\CCCCCCCCC(CCCCCCCC/C=C\C/C=C\CCCCC)COC1(C)OCC(CC(C)CC(C)(C)N(C)C)O1. The smallest absolute Gasteiger partial charge is 0.280 e. The number of hydrogen-bond acceptors (Lipinski definition) is 4. The van der Waals surface area contributed by atoms with Crippen molar-refractivity contribution in [3.05, 3.63) is 48.6 Å². The molecule has 0 saturated carbocycles. The molecule has 0 spiro atoms. The number of allylic oxidation sites excluding steroid dienone is 8. The van der Waals surface area contributed by atoms with Crippen LogP contribution in [0.5, 0.6) is 0 Å². The monoisotopic (exact) mass is 770 g/mol. The lowest BCUT2D eigenvalue weighted by atomic mass is 9.87. The summed E-state index contributed by atoms with van der Waals surface area (Å²) >= 11 is 0. The molecule has 3 unspecified atom stereocenters. The van der Waals surface area contributed by atoms with Gasteiger partial charge < -0.3 is 19.1 Å². The van der Waals surface area contributed by atoms with Crippen LogP contribution in [0.1, 0.15) is 221 Å². The molecule has 0 amide bonds. The highest BCUT2D eigenvalue weighted by Gasteiger charge is 2.40. The quantitative estimate of drug-likeness (QED) is 0.0462. The van der Waals surface area contributed by atoms with Crippen LogP contribution in [-0.2, 0) is 14.2 Å². The van der Waals surface area contributed by atoms with E-state index in [1.807, 2.05) is 6.92 Å². The van der Waals surface area contributed by atoms with Gasteiger partial charge in [-0.15, -0.1) is 0 Å². The van der Waals surface area contributed by atoms with E-state index in [9.17, 15) is 0 Å². The molecule has 0 aromatic rings. The molecule has 1 heterocycles. The van der Waals surface area contributed by atoms with Crippen molar-refractivity contribution in [3.8, 4) is 0 Å². The molecule has 4 nitrogen and oxygen atoms in total. The van der Waals surface area contributed by atoms with Crippen LogP contribution in [-0.4, -0.2) is 49.8 Å². The summed E-state index contributed by atoms with van der Waals surface area (Å²) in [5, 5.41) is 0. The zero-order chi connectivity index (χ0) is 40.3. The molecule has 55 heavy (non-hydrogen) atoms. The van der Waals surface area contributed by atoms with Gasteiger partial charge in [-0.25, -0.2) is 0 Å². The second-order valence-electron chi connectivity index (χ2n) is 18.1. The normalized spacial score (nSPS) is 18.9. The molecule has 322 valence electrons. The maximum atomic E-state index is 6.49. The van der Waals surface area contributed by atoms with Crippen LogP contribution < -0.4 is 0 Å². The van der Waals surface area contributed by atoms with E-state index in [0.717, 1.165) is 32.3 Å². The fraction of sp³-hybridized carbons (Fsp3) is 0.843. The van der Waals surface area contributed by atoms with Gasteiger partial charge in [0.1, 0.15) is 0 Å². The molecule has 1 aliphatic rings. The van der Waals surface area contributed by atoms with Gasteiger partial charge in [0.25, 0.3) is 5.97 Å². The third-order valence-electron chi connectivity index (χ3n) is 11.8. The van der Waals surface area contributed by atoms with Gasteiger partial charge in [-0.2, -0.15) is 0 Å². The molecule has 4 heteroatoms. The Hall–Kier alpha value is -1.20. The third-order valence-corrected chi connectivity index (χ3v) is 11.8. The Labute approximate surface area is 344 Å². The second kappa shape index (κ2) is 34.8. The summed E-state index contributed by atoms with van der Waals surface area (Å²) < 4.78 is 19.1. The Morgan fingerprint density at radius 1 is 0.636 bits per heavy atom. The lowest BCUT2D eigenvalue weighted by Gasteiger charge is -2.35. The van der Waals surface area contributed by atoms with Gasteiger partial charge in [0.15, 0.2) is 0 Å². The van der Waals surface area contributed by atoms with Gasteiger partial charge in [0.05, 0.1) is 19.3 Å². The Morgan fingerprint density at radius 2 is 1.05 bits per heavy atom. The molecule has 1 fully saturated rings. The fourth-order valence-electron chi connectivity index (χ4n) is 7.80. The Morgan fingerprint density at radius 3 is 1.49 bits per heavy atom. The van der Waals surface area contributed by atoms with E-state index in [-0.39, 0.29) is 11.6 Å². The van der Waals surface area contributed by atoms with Crippen LogP contribution in [0.4, 0.5) is 0 Å². The minimum atomic E-state index is -0.904. The first kappa shape index (κ1) is 51.8. The predicted molar refractivity (Wildman–Crippen MR) is 243 cm³/mol. The zero-order valence-corrected chi connectivity index (χ0v) is 38.2. The molecule has 1 aliphatic heterocycles. The summed E-state index contributed by atoms with van der Waals surface area (Å²) in [5.41, 5.74) is 0.177. The number of nitrogens with zero attached hydrogens (tertiary/aromatic N) is 1. The van der Waals surface area contributed by atoms with Crippen molar-refractivity contribution < 1.29 is 14.2 Å². The molecule has 0 aliphatic carbocycles. The van der Waals surface area contributed by atoms with Crippen molar-refractivity contribution in [1.82, 2.24) is 4.90 Å². The minimum Gasteiger partial charge on any atom is -0.327 e. The number of ether oxygens (including phenoxy) is 3. The molecule has 1 saturated heterocycles. The summed E-state index contributed by atoms with van der Waals surface area (Å²) in [7, 11) is 4.35. The zero-order valence-electron chi connectivity index (χ0n) is 38.2. The van der Waals surface area contributed by atoms with Crippen molar-refractivity contribution in [3.63, 3.8) is 0 Å². The second-order valence-corrected chi connectivity index (χ2v) is 18.1. The van der Waals surface area contributed by atoms with Gasteiger partial charge in [-0.05, 0) is 130 Å². The van der Waals surface area contributed by atoms with Crippen LogP contribution in [0, 0.1) is 11.8 Å². The summed E-state index contributed by atoms with van der Waals surface area (Å²) in [6.07, 6.45) is 54.9. The first-order chi connectivity index (χ1) is 26.6. The first-order valence-corrected chi connectivity index (χ1v) is 23.8. The molecule has 0 radical (unpaired) electrons. The van der Waals surface area contributed by atoms with E-state index >= 15 is 0 Å². The Balaban J connectivity index is 2.37. The first-order valence-electron chi connectivity index (χ1n) is 23.8. The molecule has 0 N–H and O–H groups in total. The van der Waals surface area contributed by atoms with Crippen LogP contribution in [0.15, 0.2) is 48.6 Å². The predicted octanol–water partition coefficient (Wildman–Crippen LogP) is 15.9. The average molecular weight is 770 g/mol. The largest absolute Gasteiger partial charge is 0.327 e. The van der Waals surface area contributed by atoms with Crippen LogP contribution >= 0.6 is 0 Å². The molecular weight excluding hydrogens is 675 g/mol. The highest BCUT2D eigenvalue weighted by atomic mass is 16.9. The van der Waals surface area contributed by atoms with E-state index in [2.05, 4.69) is 102 Å². The Bertz CT molecular complexity index is 919. The van der Waals surface area contributed by atoms with E-state index < -0.39 is 5.97 Å². The van der Waals surface area contributed by atoms with Gasteiger partial charge in [0.2, 0.25) is 0 Å². The number of rotatable bonds is 38. The maximum Gasteiger partial charge on any atom is 0.280 e. The average Bonchev–Trinajstić information content (AvgIpc) is 3.52. The van der Waals surface area contributed by atoms with Gasteiger partial charge in [-0.1, -0.05) is 159 Å². The molecule has 1 rings (SSSR count). The standard InChI is InChI=1S/C51H95NO3/c1-9-11-13-15-17-19-21-23-25-27-29-31-33-35-37-39-41-48(42-40-38-36-34-32-30-28-26-24-22-20-18-16-14-12-10-2)45-53-51(6)54-46-49(55-51)43-47(3)44-50(4,5)52(7)8/h17-20,23-26,47-49H,9-16,21-22,27-46H2,1-8H3/b19-17-,20-18-,25-23-,26-24-. The van der Waals surface area contributed by atoms with E-state index in [4.69, 9.17) is 14.2 Å².